The fourth-order valence-corrected chi connectivity index (χ4v) is 1.49. The molecule has 0 saturated heterocycles. The van der Waals surface area contributed by atoms with Crippen LogP contribution < -0.4 is 10.6 Å². The largest absolute Gasteiger partial charge is 0.383 e. The average Bonchev–Trinajstić information content (AvgIpc) is 2.21. The quantitative estimate of drug-likeness (QED) is 0.818. The summed E-state index contributed by atoms with van der Waals surface area (Å²) in [4.78, 5) is 11.7. The first kappa shape index (κ1) is 12.6. The van der Waals surface area contributed by atoms with Crippen LogP contribution in [0.5, 0.6) is 0 Å². The van der Waals surface area contributed by atoms with E-state index in [1.165, 1.54) is 0 Å². The molecule has 1 amide bonds. The maximum atomic E-state index is 11.7. The molecule has 16 heavy (non-hydrogen) atoms. The molecule has 0 bridgehead atoms. The number of amides is 1. The van der Waals surface area contributed by atoms with E-state index < -0.39 is 0 Å². The van der Waals surface area contributed by atoms with Crippen molar-refractivity contribution in [3.63, 3.8) is 0 Å². The van der Waals surface area contributed by atoms with E-state index in [1.54, 1.807) is 0 Å². The highest BCUT2D eigenvalue weighted by atomic mass is 16.1. The number of carbonyl (C=O) groups is 1. The van der Waals surface area contributed by atoms with Crippen molar-refractivity contribution in [2.75, 3.05) is 11.9 Å². The predicted molar refractivity (Wildman–Crippen MR) is 67.9 cm³/mol. The lowest BCUT2D eigenvalue weighted by atomic mass is 10.1. The number of hydrogen-bond acceptors (Lipinski definition) is 2. The Labute approximate surface area is 97.2 Å². The van der Waals surface area contributed by atoms with Crippen molar-refractivity contribution in [2.45, 2.75) is 33.7 Å². The van der Waals surface area contributed by atoms with Gasteiger partial charge >= 0.3 is 0 Å². The van der Waals surface area contributed by atoms with Crippen LogP contribution in [-0.2, 0) is 0 Å². The van der Waals surface area contributed by atoms with Gasteiger partial charge in [0.2, 0.25) is 0 Å². The number of anilines is 1. The molecule has 0 fully saturated rings. The topological polar surface area (TPSA) is 41.1 Å². The van der Waals surface area contributed by atoms with E-state index in [0.717, 1.165) is 11.3 Å². The molecule has 0 atom stereocenters. The molecule has 1 rings (SSSR count). The minimum Gasteiger partial charge on any atom is -0.383 e. The van der Waals surface area contributed by atoms with E-state index in [-0.39, 0.29) is 5.91 Å². The third kappa shape index (κ3) is 3.26. The van der Waals surface area contributed by atoms with Gasteiger partial charge in [-0.25, -0.2) is 0 Å². The number of rotatable bonds is 4. The van der Waals surface area contributed by atoms with Crippen molar-refractivity contribution in [2.24, 2.45) is 0 Å². The van der Waals surface area contributed by atoms with Crippen LogP contribution in [0.4, 0.5) is 5.69 Å². The summed E-state index contributed by atoms with van der Waals surface area (Å²) in [5, 5.41) is 6.13. The minimum absolute atomic E-state index is 0.0192. The van der Waals surface area contributed by atoms with Gasteiger partial charge in [0.15, 0.2) is 0 Å². The molecule has 0 aliphatic rings. The van der Waals surface area contributed by atoms with Crippen molar-refractivity contribution in [1.82, 2.24) is 5.32 Å². The van der Waals surface area contributed by atoms with Crippen LogP contribution in [0.15, 0.2) is 18.2 Å². The van der Waals surface area contributed by atoms with Gasteiger partial charge in [0.1, 0.15) is 0 Å². The number of aryl methyl sites for hydroxylation is 1. The normalized spacial score (nSPS) is 10.3. The second-order valence-electron chi connectivity index (χ2n) is 4.19. The zero-order valence-corrected chi connectivity index (χ0v) is 10.4. The molecule has 0 heterocycles. The van der Waals surface area contributed by atoms with Gasteiger partial charge < -0.3 is 10.6 Å². The van der Waals surface area contributed by atoms with Gasteiger partial charge in [-0.15, -0.1) is 0 Å². The molecule has 0 spiro atoms. The molecular formula is C13H20N2O. The van der Waals surface area contributed by atoms with E-state index >= 15 is 0 Å². The van der Waals surface area contributed by atoms with Crippen LogP contribution in [0.25, 0.3) is 0 Å². The average molecular weight is 220 g/mol. The van der Waals surface area contributed by atoms with E-state index in [4.69, 9.17) is 0 Å². The first-order chi connectivity index (χ1) is 7.54. The Morgan fingerprint density at radius 1 is 1.38 bits per heavy atom. The summed E-state index contributed by atoms with van der Waals surface area (Å²) in [7, 11) is 0. The molecular weight excluding hydrogens is 200 g/mol. The highest BCUT2D eigenvalue weighted by Gasteiger charge is 2.07. The molecule has 3 heteroatoms. The van der Waals surface area contributed by atoms with Gasteiger partial charge in [-0.2, -0.15) is 0 Å². The third-order valence-corrected chi connectivity index (χ3v) is 2.28. The fraction of sp³-hybridized carbons (Fsp3) is 0.462. The molecule has 3 nitrogen and oxygen atoms in total. The lowest BCUT2D eigenvalue weighted by Gasteiger charge is -2.14. The van der Waals surface area contributed by atoms with E-state index in [1.807, 2.05) is 32.0 Å². The van der Waals surface area contributed by atoms with Gasteiger partial charge in [-0.1, -0.05) is 6.07 Å². The molecule has 0 aliphatic carbocycles. The maximum Gasteiger partial charge on any atom is 0.251 e. The van der Waals surface area contributed by atoms with Crippen molar-refractivity contribution < 1.29 is 4.79 Å². The summed E-state index contributed by atoms with van der Waals surface area (Å²) in [6, 6.07) is 6.09. The lowest BCUT2D eigenvalue weighted by Crippen LogP contribution is -2.23. The van der Waals surface area contributed by atoms with Crippen LogP contribution >= 0.6 is 0 Å². The Kier molecular flexibility index (Phi) is 4.35. The Bertz CT molecular complexity index is 372. The molecule has 88 valence electrons. The van der Waals surface area contributed by atoms with Gasteiger partial charge in [0.25, 0.3) is 5.91 Å². The fourth-order valence-electron chi connectivity index (χ4n) is 1.49. The van der Waals surface area contributed by atoms with E-state index in [9.17, 15) is 4.79 Å². The smallest absolute Gasteiger partial charge is 0.251 e. The Morgan fingerprint density at radius 2 is 2.06 bits per heavy atom. The van der Waals surface area contributed by atoms with Crippen LogP contribution in [0, 0.1) is 6.92 Å². The Hall–Kier alpha value is -1.51. The summed E-state index contributed by atoms with van der Waals surface area (Å²) < 4.78 is 0. The number of hydrogen-bond donors (Lipinski definition) is 2. The monoisotopic (exact) mass is 220 g/mol. The lowest BCUT2D eigenvalue weighted by molar-refractivity contribution is 0.0956. The summed E-state index contributed by atoms with van der Waals surface area (Å²) in [6.45, 7) is 8.77. The van der Waals surface area contributed by atoms with Crippen molar-refractivity contribution in [3.05, 3.63) is 29.3 Å². The summed E-state index contributed by atoms with van der Waals surface area (Å²) in [6.07, 6.45) is 0. The predicted octanol–water partition coefficient (Wildman–Crippen LogP) is 2.57. The zero-order valence-electron chi connectivity index (χ0n) is 10.4. The van der Waals surface area contributed by atoms with Crippen molar-refractivity contribution >= 4 is 11.6 Å². The van der Waals surface area contributed by atoms with Crippen LogP contribution in [-0.4, -0.2) is 18.5 Å². The molecule has 2 N–H and O–H groups in total. The molecule has 0 aliphatic heterocycles. The van der Waals surface area contributed by atoms with Gasteiger partial charge in [0, 0.05) is 23.8 Å². The number of nitrogens with one attached hydrogen (secondary N) is 2. The molecule has 1 aromatic rings. The minimum atomic E-state index is -0.0192. The third-order valence-electron chi connectivity index (χ3n) is 2.28. The Morgan fingerprint density at radius 3 is 2.62 bits per heavy atom. The first-order valence-corrected chi connectivity index (χ1v) is 5.70. The molecule has 1 aromatic carbocycles. The van der Waals surface area contributed by atoms with Gasteiger partial charge in [0.05, 0.1) is 0 Å². The van der Waals surface area contributed by atoms with Crippen molar-refractivity contribution in [3.8, 4) is 0 Å². The van der Waals surface area contributed by atoms with E-state index in [0.29, 0.717) is 18.2 Å². The second kappa shape index (κ2) is 5.54. The second-order valence-corrected chi connectivity index (χ2v) is 4.19. The molecule has 0 saturated carbocycles. The standard InChI is InChI=1S/C13H20N2O/c1-5-14-13(16)11-7-6-10(4)12(8-11)15-9(2)3/h6-9,15H,5H2,1-4H3,(H,14,16). The summed E-state index contributed by atoms with van der Waals surface area (Å²) in [5.41, 5.74) is 2.89. The van der Waals surface area contributed by atoms with Crippen LogP contribution in [0.1, 0.15) is 36.7 Å². The highest BCUT2D eigenvalue weighted by Crippen LogP contribution is 2.17. The summed E-state index contributed by atoms with van der Waals surface area (Å²) in [5.74, 6) is -0.0192. The number of benzene rings is 1. The number of carbonyl (C=O) groups excluding carboxylic acids is 1. The maximum absolute atomic E-state index is 11.7. The van der Waals surface area contributed by atoms with Crippen LogP contribution in [0.2, 0.25) is 0 Å². The Balaban J connectivity index is 2.93. The molecule has 0 aromatic heterocycles. The summed E-state index contributed by atoms with van der Waals surface area (Å²) >= 11 is 0. The van der Waals surface area contributed by atoms with Gasteiger partial charge in [-0.3, -0.25) is 4.79 Å². The van der Waals surface area contributed by atoms with E-state index in [2.05, 4.69) is 24.5 Å². The van der Waals surface area contributed by atoms with Crippen molar-refractivity contribution in [1.29, 1.82) is 0 Å². The zero-order chi connectivity index (χ0) is 12.1. The molecule has 0 unspecified atom stereocenters. The van der Waals surface area contributed by atoms with Gasteiger partial charge in [-0.05, 0) is 45.4 Å². The van der Waals surface area contributed by atoms with Crippen LogP contribution in [0.3, 0.4) is 0 Å². The first-order valence-electron chi connectivity index (χ1n) is 5.70. The highest BCUT2D eigenvalue weighted by molar-refractivity contribution is 5.95. The SMILES string of the molecule is CCNC(=O)c1ccc(C)c(NC(C)C)c1. The molecule has 0 radical (unpaired) electrons.